The fourth-order valence-electron chi connectivity index (χ4n) is 1.64. The van der Waals surface area contributed by atoms with Crippen molar-refractivity contribution in [1.82, 2.24) is 4.90 Å². The van der Waals surface area contributed by atoms with Crippen LogP contribution in [-0.2, 0) is 11.3 Å². The lowest BCUT2D eigenvalue weighted by atomic mass is 10.4. The summed E-state index contributed by atoms with van der Waals surface area (Å²) in [4.78, 5) is 25.0. The van der Waals surface area contributed by atoms with Crippen molar-refractivity contribution in [2.45, 2.75) is 19.4 Å². The highest BCUT2D eigenvalue weighted by Gasteiger charge is 2.20. The Hall–Kier alpha value is -1.36. The van der Waals surface area contributed by atoms with Gasteiger partial charge in [0.15, 0.2) is 0 Å². The first-order valence-corrected chi connectivity index (χ1v) is 5.58. The Labute approximate surface area is 91.1 Å². The molecule has 0 aromatic carbocycles. The molecule has 5 heteroatoms. The van der Waals surface area contributed by atoms with Crippen LogP contribution in [0.2, 0.25) is 0 Å². The molecule has 1 aromatic heterocycles. The lowest BCUT2D eigenvalue weighted by molar-refractivity contribution is -0.128. The van der Waals surface area contributed by atoms with Gasteiger partial charge >= 0.3 is 5.97 Å². The topological polar surface area (TPSA) is 57.6 Å². The summed E-state index contributed by atoms with van der Waals surface area (Å²) in [6.07, 6.45) is 1.53. The summed E-state index contributed by atoms with van der Waals surface area (Å²) >= 11 is 1.24. The second kappa shape index (κ2) is 4.02. The van der Waals surface area contributed by atoms with E-state index in [1.165, 1.54) is 11.3 Å². The van der Waals surface area contributed by atoms with Gasteiger partial charge in [0.25, 0.3) is 0 Å². The molecule has 2 rings (SSSR count). The van der Waals surface area contributed by atoms with Gasteiger partial charge < -0.3 is 10.0 Å². The summed E-state index contributed by atoms with van der Waals surface area (Å²) in [5.41, 5.74) is 0. The van der Waals surface area contributed by atoms with Crippen LogP contribution in [0.5, 0.6) is 0 Å². The fraction of sp³-hybridized carbons (Fsp3) is 0.400. The lowest BCUT2D eigenvalue weighted by Crippen LogP contribution is -2.23. The summed E-state index contributed by atoms with van der Waals surface area (Å²) in [5.74, 6) is -0.737. The van der Waals surface area contributed by atoms with E-state index < -0.39 is 5.97 Å². The summed E-state index contributed by atoms with van der Waals surface area (Å²) in [5, 5.41) is 8.74. The molecular formula is C10H11NO3S. The summed E-state index contributed by atoms with van der Waals surface area (Å²) in [7, 11) is 0. The Balaban J connectivity index is 2.04. The predicted molar refractivity (Wildman–Crippen MR) is 55.9 cm³/mol. The first kappa shape index (κ1) is 10.2. The monoisotopic (exact) mass is 225 g/mol. The second-order valence-corrected chi connectivity index (χ2v) is 4.66. The minimum absolute atomic E-state index is 0.167. The van der Waals surface area contributed by atoms with Crippen LogP contribution < -0.4 is 0 Å². The van der Waals surface area contributed by atoms with E-state index in [4.69, 9.17) is 5.11 Å². The summed E-state index contributed by atoms with van der Waals surface area (Å²) in [6, 6.07) is 3.36. The molecule has 2 heterocycles. The van der Waals surface area contributed by atoms with Gasteiger partial charge in [0.05, 0.1) is 6.54 Å². The van der Waals surface area contributed by atoms with Crippen LogP contribution in [0.4, 0.5) is 0 Å². The number of thiophene rings is 1. The maximum atomic E-state index is 11.3. The number of carboxylic acid groups (broad SMARTS) is 1. The zero-order valence-corrected chi connectivity index (χ0v) is 8.92. The molecule has 1 amide bonds. The van der Waals surface area contributed by atoms with Crippen molar-refractivity contribution in [3.05, 3.63) is 21.9 Å². The molecule has 1 saturated heterocycles. The molecule has 1 N–H and O–H groups in total. The van der Waals surface area contributed by atoms with Crippen LogP contribution in [0, 0.1) is 0 Å². The van der Waals surface area contributed by atoms with Crippen LogP contribution in [0.15, 0.2) is 12.1 Å². The number of nitrogens with zero attached hydrogens (tertiary/aromatic N) is 1. The number of likely N-dealkylation sites (tertiary alicyclic amines) is 1. The van der Waals surface area contributed by atoms with E-state index in [0.717, 1.165) is 17.8 Å². The number of carbonyl (C=O) groups excluding carboxylic acids is 1. The van der Waals surface area contributed by atoms with Crippen molar-refractivity contribution in [1.29, 1.82) is 0 Å². The van der Waals surface area contributed by atoms with Crippen molar-refractivity contribution in [3.63, 3.8) is 0 Å². The van der Waals surface area contributed by atoms with E-state index in [1.807, 2.05) is 0 Å². The van der Waals surface area contributed by atoms with Gasteiger partial charge in [-0.05, 0) is 18.6 Å². The van der Waals surface area contributed by atoms with E-state index in [1.54, 1.807) is 17.0 Å². The van der Waals surface area contributed by atoms with Crippen LogP contribution in [0.1, 0.15) is 27.4 Å². The van der Waals surface area contributed by atoms with E-state index in [0.29, 0.717) is 17.8 Å². The molecule has 0 atom stereocenters. The molecule has 80 valence electrons. The highest BCUT2D eigenvalue weighted by molar-refractivity contribution is 7.13. The van der Waals surface area contributed by atoms with Crippen molar-refractivity contribution < 1.29 is 14.7 Å². The van der Waals surface area contributed by atoms with Crippen molar-refractivity contribution in [2.75, 3.05) is 6.54 Å². The smallest absolute Gasteiger partial charge is 0.345 e. The van der Waals surface area contributed by atoms with Gasteiger partial charge in [0, 0.05) is 17.8 Å². The second-order valence-electron chi connectivity index (χ2n) is 3.49. The molecule has 1 aliphatic heterocycles. The van der Waals surface area contributed by atoms with Crippen molar-refractivity contribution in [3.8, 4) is 0 Å². The van der Waals surface area contributed by atoms with Gasteiger partial charge in [0.1, 0.15) is 4.88 Å². The molecule has 0 spiro atoms. The number of hydrogen-bond acceptors (Lipinski definition) is 3. The Morgan fingerprint density at radius 2 is 2.33 bits per heavy atom. The molecule has 0 aliphatic carbocycles. The van der Waals surface area contributed by atoms with E-state index in [9.17, 15) is 9.59 Å². The zero-order valence-electron chi connectivity index (χ0n) is 8.10. The molecule has 4 nitrogen and oxygen atoms in total. The Morgan fingerprint density at radius 3 is 2.87 bits per heavy atom. The SMILES string of the molecule is O=C(O)c1ccc(CN2CCCC2=O)s1. The maximum Gasteiger partial charge on any atom is 0.345 e. The van der Waals surface area contributed by atoms with Crippen LogP contribution in [0.3, 0.4) is 0 Å². The number of aromatic carboxylic acids is 1. The molecule has 1 aromatic rings. The normalized spacial score (nSPS) is 16.0. The van der Waals surface area contributed by atoms with Crippen molar-refractivity contribution in [2.24, 2.45) is 0 Å². The van der Waals surface area contributed by atoms with Crippen LogP contribution in [0.25, 0.3) is 0 Å². The Kier molecular flexibility index (Phi) is 2.73. The largest absolute Gasteiger partial charge is 0.477 e. The minimum Gasteiger partial charge on any atom is -0.477 e. The third-order valence-electron chi connectivity index (χ3n) is 2.39. The number of hydrogen-bond donors (Lipinski definition) is 1. The molecule has 0 saturated carbocycles. The third-order valence-corrected chi connectivity index (χ3v) is 3.45. The molecule has 0 unspecified atom stereocenters. The van der Waals surface area contributed by atoms with Gasteiger partial charge in [0.2, 0.25) is 5.91 Å². The van der Waals surface area contributed by atoms with Gasteiger partial charge in [-0.1, -0.05) is 0 Å². The average Bonchev–Trinajstić information content (AvgIpc) is 2.77. The highest BCUT2D eigenvalue weighted by atomic mass is 32.1. The molecule has 15 heavy (non-hydrogen) atoms. The van der Waals surface area contributed by atoms with Gasteiger partial charge in [-0.2, -0.15) is 0 Å². The minimum atomic E-state index is -0.904. The van der Waals surface area contributed by atoms with Crippen LogP contribution in [-0.4, -0.2) is 28.4 Å². The molecule has 1 aliphatic rings. The number of carboxylic acids is 1. The van der Waals surface area contributed by atoms with E-state index in [2.05, 4.69) is 0 Å². The third kappa shape index (κ3) is 2.18. The molecule has 0 radical (unpaired) electrons. The quantitative estimate of drug-likeness (QED) is 0.849. The Morgan fingerprint density at radius 1 is 1.53 bits per heavy atom. The van der Waals surface area contributed by atoms with Crippen LogP contribution >= 0.6 is 11.3 Å². The first-order chi connectivity index (χ1) is 7.16. The first-order valence-electron chi connectivity index (χ1n) is 4.76. The molecule has 1 fully saturated rings. The number of amides is 1. The van der Waals surface area contributed by atoms with E-state index in [-0.39, 0.29) is 5.91 Å². The van der Waals surface area contributed by atoms with Gasteiger partial charge in [-0.25, -0.2) is 4.79 Å². The standard InChI is InChI=1S/C10H11NO3S/c12-9-2-1-5-11(9)6-7-3-4-8(15-7)10(13)14/h3-4H,1-2,5-6H2,(H,13,14). The lowest BCUT2D eigenvalue weighted by Gasteiger charge is -2.13. The zero-order chi connectivity index (χ0) is 10.8. The van der Waals surface area contributed by atoms with Crippen molar-refractivity contribution >= 4 is 23.2 Å². The average molecular weight is 225 g/mol. The van der Waals surface area contributed by atoms with Gasteiger partial charge in [-0.15, -0.1) is 11.3 Å². The predicted octanol–water partition coefficient (Wildman–Crippen LogP) is 1.57. The summed E-state index contributed by atoms with van der Waals surface area (Å²) < 4.78 is 0. The molecule has 0 bridgehead atoms. The van der Waals surface area contributed by atoms with E-state index >= 15 is 0 Å². The number of rotatable bonds is 3. The van der Waals surface area contributed by atoms with Gasteiger partial charge in [-0.3, -0.25) is 4.79 Å². The Bertz CT molecular complexity index is 399. The fourth-order valence-corrected chi connectivity index (χ4v) is 2.50. The summed E-state index contributed by atoms with van der Waals surface area (Å²) in [6.45, 7) is 1.34. The maximum absolute atomic E-state index is 11.3. The molecular weight excluding hydrogens is 214 g/mol. The number of carbonyl (C=O) groups is 2. The highest BCUT2D eigenvalue weighted by Crippen LogP contribution is 2.21.